The maximum absolute atomic E-state index is 11.5. The number of aromatic carboxylic acids is 1. The molecule has 0 saturated heterocycles. The molecule has 3 rings (SSSR count). The lowest BCUT2D eigenvalue weighted by atomic mass is 9.99. The van der Waals surface area contributed by atoms with Crippen LogP contribution in [0.15, 0.2) is 48.5 Å². The van der Waals surface area contributed by atoms with Crippen molar-refractivity contribution in [1.29, 1.82) is 0 Å². The van der Waals surface area contributed by atoms with Gasteiger partial charge in [-0.3, -0.25) is 0 Å². The molecule has 0 atom stereocenters. The fourth-order valence-electron chi connectivity index (χ4n) is 3.63. The Morgan fingerprint density at radius 3 is 2.44 bits per heavy atom. The molecule has 0 aliphatic carbocycles. The average molecular weight is 434 g/mol. The fourth-order valence-corrected chi connectivity index (χ4v) is 3.63. The lowest BCUT2D eigenvalue weighted by Crippen LogP contribution is -2.31. The summed E-state index contributed by atoms with van der Waals surface area (Å²) in [5.74, 6) is 1.90. The molecule has 32 heavy (non-hydrogen) atoms. The molecule has 3 aromatic rings. The molecule has 1 N–H and O–H groups in total. The van der Waals surface area contributed by atoms with Crippen molar-refractivity contribution < 1.29 is 19.4 Å². The molecule has 0 aliphatic heterocycles. The standard InChI is InChI=1S/C25H27N3O4/c1-5-7-12-22-26-24(25(6-2,31-3)32-4)27-28(22)17-18-13-15-19(16-14-18)20-10-8-9-11-21(20)23(29)30/h1,8-11,13-16H,6-7,12,17H2,2-4H3,(H,29,30). The van der Waals surface area contributed by atoms with E-state index in [2.05, 4.69) is 16.0 Å². The molecule has 1 aromatic heterocycles. The van der Waals surface area contributed by atoms with E-state index in [1.807, 2.05) is 41.9 Å². The summed E-state index contributed by atoms with van der Waals surface area (Å²) in [7, 11) is 3.14. The normalized spacial score (nSPS) is 11.3. The number of terminal acetylenes is 1. The summed E-state index contributed by atoms with van der Waals surface area (Å²) in [6, 6.07) is 14.7. The number of methoxy groups -OCH3 is 2. The zero-order chi connectivity index (χ0) is 23.1. The van der Waals surface area contributed by atoms with Crippen molar-refractivity contribution in [1.82, 2.24) is 14.8 Å². The summed E-state index contributed by atoms with van der Waals surface area (Å²) in [4.78, 5) is 16.2. The predicted octanol–water partition coefficient (Wildman–Crippen LogP) is 4.11. The molecule has 0 amide bonds. The summed E-state index contributed by atoms with van der Waals surface area (Å²) in [5.41, 5.74) is 2.78. The zero-order valence-corrected chi connectivity index (χ0v) is 18.5. The van der Waals surface area contributed by atoms with E-state index >= 15 is 0 Å². The quantitative estimate of drug-likeness (QED) is 0.382. The highest BCUT2D eigenvalue weighted by atomic mass is 16.7. The predicted molar refractivity (Wildman–Crippen MR) is 121 cm³/mol. The van der Waals surface area contributed by atoms with Crippen LogP contribution in [0.1, 0.15) is 47.3 Å². The first kappa shape index (κ1) is 23.2. The number of aromatic nitrogens is 3. The molecule has 166 valence electrons. The van der Waals surface area contributed by atoms with E-state index in [1.165, 1.54) is 0 Å². The minimum atomic E-state index is -1.01. The van der Waals surface area contributed by atoms with E-state index in [0.29, 0.717) is 37.2 Å². The maximum atomic E-state index is 11.5. The van der Waals surface area contributed by atoms with Crippen molar-refractivity contribution in [2.45, 2.75) is 38.5 Å². The van der Waals surface area contributed by atoms with Gasteiger partial charge in [0, 0.05) is 33.5 Å². The molecule has 2 aromatic carbocycles. The van der Waals surface area contributed by atoms with E-state index in [4.69, 9.17) is 15.9 Å². The van der Waals surface area contributed by atoms with Crippen molar-refractivity contribution in [2.24, 2.45) is 0 Å². The number of carboxylic acid groups (broad SMARTS) is 1. The van der Waals surface area contributed by atoms with E-state index in [1.54, 1.807) is 32.4 Å². The summed E-state index contributed by atoms with van der Waals surface area (Å²) >= 11 is 0. The summed E-state index contributed by atoms with van der Waals surface area (Å²) in [6.45, 7) is 2.43. The average Bonchev–Trinajstić information content (AvgIpc) is 3.22. The Morgan fingerprint density at radius 1 is 1.16 bits per heavy atom. The molecular formula is C25H27N3O4. The molecule has 0 fully saturated rings. The molecule has 1 heterocycles. The van der Waals surface area contributed by atoms with Crippen LogP contribution in [0.3, 0.4) is 0 Å². The Morgan fingerprint density at radius 2 is 1.84 bits per heavy atom. The third kappa shape index (κ3) is 4.72. The molecule has 0 spiro atoms. The number of ether oxygens (including phenoxy) is 2. The highest BCUT2D eigenvalue weighted by molar-refractivity contribution is 5.95. The summed E-state index contributed by atoms with van der Waals surface area (Å²) in [6.07, 6.45) is 7.14. The van der Waals surface area contributed by atoms with Gasteiger partial charge in [-0.05, 0) is 22.8 Å². The lowest BCUT2D eigenvalue weighted by Gasteiger charge is -2.26. The van der Waals surface area contributed by atoms with Crippen molar-refractivity contribution in [3.05, 3.63) is 71.3 Å². The number of benzene rings is 2. The topological polar surface area (TPSA) is 86.5 Å². The van der Waals surface area contributed by atoms with E-state index < -0.39 is 11.8 Å². The second kappa shape index (κ2) is 10.2. The Bertz CT molecular complexity index is 1100. The van der Waals surface area contributed by atoms with Gasteiger partial charge >= 0.3 is 5.97 Å². The molecular weight excluding hydrogens is 406 g/mol. The Labute approximate surface area is 188 Å². The van der Waals surface area contributed by atoms with Crippen LogP contribution < -0.4 is 0 Å². The largest absolute Gasteiger partial charge is 0.478 e. The molecule has 7 nitrogen and oxygen atoms in total. The van der Waals surface area contributed by atoms with Gasteiger partial charge in [0.25, 0.3) is 0 Å². The van der Waals surface area contributed by atoms with Crippen LogP contribution in [0.5, 0.6) is 0 Å². The Hall–Kier alpha value is -3.47. The number of carboxylic acids is 1. The first-order chi connectivity index (χ1) is 15.5. The fraction of sp³-hybridized carbons (Fsp3) is 0.320. The first-order valence-electron chi connectivity index (χ1n) is 10.4. The molecule has 0 saturated carbocycles. The maximum Gasteiger partial charge on any atom is 0.336 e. The number of hydrogen-bond acceptors (Lipinski definition) is 5. The van der Waals surface area contributed by atoms with Crippen LogP contribution >= 0.6 is 0 Å². The van der Waals surface area contributed by atoms with Gasteiger partial charge in [0.05, 0.1) is 12.1 Å². The highest BCUT2D eigenvalue weighted by Crippen LogP contribution is 2.28. The molecule has 7 heteroatoms. The van der Waals surface area contributed by atoms with Crippen LogP contribution in [0.4, 0.5) is 0 Å². The van der Waals surface area contributed by atoms with Crippen LogP contribution in [0.25, 0.3) is 11.1 Å². The second-order valence-electron chi connectivity index (χ2n) is 7.28. The lowest BCUT2D eigenvalue weighted by molar-refractivity contribution is -0.222. The van der Waals surface area contributed by atoms with Crippen molar-refractivity contribution >= 4 is 5.97 Å². The van der Waals surface area contributed by atoms with Gasteiger partial charge in [0.15, 0.2) is 0 Å². The number of rotatable bonds is 10. The van der Waals surface area contributed by atoms with Gasteiger partial charge < -0.3 is 14.6 Å². The Balaban J connectivity index is 1.91. The molecule has 0 aliphatic rings. The Kier molecular flexibility index (Phi) is 7.41. The van der Waals surface area contributed by atoms with Gasteiger partial charge in [0.2, 0.25) is 11.6 Å². The van der Waals surface area contributed by atoms with E-state index in [-0.39, 0.29) is 5.56 Å². The van der Waals surface area contributed by atoms with E-state index in [0.717, 1.165) is 17.0 Å². The van der Waals surface area contributed by atoms with E-state index in [9.17, 15) is 9.90 Å². The van der Waals surface area contributed by atoms with Crippen molar-refractivity contribution in [2.75, 3.05) is 14.2 Å². The number of carbonyl (C=O) groups is 1. The first-order valence-corrected chi connectivity index (χ1v) is 10.4. The van der Waals surface area contributed by atoms with Gasteiger partial charge in [-0.1, -0.05) is 49.4 Å². The summed E-state index contributed by atoms with van der Waals surface area (Å²) in [5, 5.41) is 14.1. The van der Waals surface area contributed by atoms with Crippen LogP contribution in [0, 0.1) is 12.3 Å². The van der Waals surface area contributed by atoms with Gasteiger partial charge in [-0.25, -0.2) is 14.5 Å². The smallest absolute Gasteiger partial charge is 0.336 e. The summed E-state index contributed by atoms with van der Waals surface area (Å²) < 4.78 is 13.0. The van der Waals surface area contributed by atoms with Gasteiger partial charge in [-0.2, -0.15) is 0 Å². The minimum Gasteiger partial charge on any atom is -0.478 e. The van der Waals surface area contributed by atoms with Crippen molar-refractivity contribution in [3.63, 3.8) is 0 Å². The van der Waals surface area contributed by atoms with Crippen molar-refractivity contribution in [3.8, 4) is 23.5 Å². The highest BCUT2D eigenvalue weighted by Gasteiger charge is 2.35. The third-order valence-corrected chi connectivity index (χ3v) is 5.46. The molecule has 0 radical (unpaired) electrons. The van der Waals surface area contributed by atoms with Crippen LogP contribution in [0.2, 0.25) is 0 Å². The minimum absolute atomic E-state index is 0.271. The van der Waals surface area contributed by atoms with Gasteiger partial charge in [-0.15, -0.1) is 17.4 Å². The monoisotopic (exact) mass is 433 g/mol. The number of hydrogen-bond donors (Lipinski definition) is 1. The SMILES string of the molecule is C#CCCc1nc(C(CC)(OC)OC)nn1Cc1ccc(-c2ccccc2C(=O)O)cc1. The molecule has 0 unspecified atom stereocenters. The molecule has 0 bridgehead atoms. The third-order valence-electron chi connectivity index (χ3n) is 5.46. The zero-order valence-electron chi connectivity index (χ0n) is 18.5. The number of aryl methyl sites for hydroxylation is 1. The van der Waals surface area contributed by atoms with Crippen LogP contribution in [-0.4, -0.2) is 40.1 Å². The van der Waals surface area contributed by atoms with Gasteiger partial charge in [0.1, 0.15) is 5.82 Å². The van der Waals surface area contributed by atoms with Crippen LogP contribution in [-0.2, 0) is 28.2 Å². The second-order valence-corrected chi connectivity index (χ2v) is 7.28. The number of nitrogens with zero attached hydrogens (tertiary/aromatic N) is 3.